The summed E-state index contributed by atoms with van der Waals surface area (Å²) in [5.41, 5.74) is 2.03. The maximum atomic E-state index is 13.8. The average molecular weight is 467 g/mol. The van der Waals surface area contributed by atoms with Gasteiger partial charge < -0.3 is 9.64 Å². The molecule has 5 nitrogen and oxygen atoms in total. The molecule has 1 saturated carbocycles. The summed E-state index contributed by atoms with van der Waals surface area (Å²) in [6.07, 6.45) is -1.82. The highest BCUT2D eigenvalue weighted by Crippen LogP contribution is 2.47. The predicted molar refractivity (Wildman–Crippen MR) is 120 cm³/mol. The van der Waals surface area contributed by atoms with Crippen molar-refractivity contribution in [3.63, 3.8) is 0 Å². The Labute approximate surface area is 195 Å². The summed E-state index contributed by atoms with van der Waals surface area (Å²) < 4.78 is 44.1. The lowest BCUT2D eigenvalue weighted by Crippen LogP contribution is -2.48. The molecule has 0 spiro atoms. The van der Waals surface area contributed by atoms with Crippen LogP contribution >= 0.6 is 0 Å². The molecule has 0 bridgehead atoms. The van der Waals surface area contributed by atoms with E-state index in [0.717, 1.165) is 41.9 Å². The molecule has 5 rings (SSSR count). The molecule has 3 heterocycles. The fourth-order valence-corrected chi connectivity index (χ4v) is 4.63. The van der Waals surface area contributed by atoms with E-state index >= 15 is 0 Å². The SMILES string of the molecule is Cc1ccc(-c2ccccc2)c(C(=O)N2C[C@@H]3C[C@@H]3C[C@H]2COc2ccc(C(F)(F)F)cn2)n1. The van der Waals surface area contributed by atoms with Gasteiger partial charge in [-0.15, -0.1) is 0 Å². The van der Waals surface area contributed by atoms with E-state index in [1.54, 1.807) is 0 Å². The number of carbonyl (C=O) groups is 1. The largest absolute Gasteiger partial charge is 0.475 e. The topological polar surface area (TPSA) is 55.3 Å². The van der Waals surface area contributed by atoms with Gasteiger partial charge in [0, 0.05) is 30.1 Å². The summed E-state index contributed by atoms with van der Waals surface area (Å²) in [5, 5.41) is 0. The molecule has 1 amide bonds. The average Bonchev–Trinajstić information content (AvgIpc) is 3.60. The van der Waals surface area contributed by atoms with Gasteiger partial charge in [0.1, 0.15) is 12.3 Å². The highest BCUT2D eigenvalue weighted by Gasteiger charge is 2.47. The quantitative estimate of drug-likeness (QED) is 0.504. The van der Waals surface area contributed by atoms with Crippen LogP contribution in [0.5, 0.6) is 5.88 Å². The van der Waals surface area contributed by atoms with Gasteiger partial charge in [-0.2, -0.15) is 13.2 Å². The smallest absolute Gasteiger partial charge is 0.417 e. The minimum absolute atomic E-state index is 0.108. The van der Waals surface area contributed by atoms with Crippen LogP contribution in [-0.4, -0.2) is 40.0 Å². The number of alkyl halides is 3. The van der Waals surface area contributed by atoms with Crippen LogP contribution < -0.4 is 4.74 Å². The van der Waals surface area contributed by atoms with E-state index in [4.69, 9.17) is 4.74 Å². The van der Waals surface area contributed by atoms with Gasteiger partial charge in [-0.1, -0.05) is 36.4 Å². The standard InChI is InChI=1S/C26H24F3N3O2/c1-16-7-9-22(17-5-3-2-4-6-17)24(31-16)25(33)32-14-19-11-18(19)12-21(32)15-34-23-10-8-20(13-30-23)26(27,28)29/h2-10,13,18-19,21H,11-12,14-15H2,1H3/t18-,19+,21+/m1/s1. The first-order chi connectivity index (χ1) is 16.3. The van der Waals surface area contributed by atoms with Gasteiger partial charge >= 0.3 is 6.18 Å². The van der Waals surface area contributed by atoms with Crippen molar-refractivity contribution in [2.75, 3.05) is 13.2 Å². The van der Waals surface area contributed by atoms with Gasteiger partial charge in [0.2, 0.25) is 5.88 Å². The molecule has 8 heteroatoms. The molecule has 3 aromatic rings. The number of hydrogen-bond acceptors (Lipinski definition) is 4. The summed E-state index contributed by atoms with van der Waals surface area (Å²) in [7, 11) is 0. The molecule has 34 heavy (non-hydrogen) atoms. The highest BCUT2D eigenvalue weighted by atomic mass is 19.4. The lowest BCUT2D eigenvalue weighted by molar-refractivity contribution is -0.137. The van der Waals surface area contributed by atoms with E-state index in [0.29, 0.717) is 24.1 Å². The van der Waals surface area contributed by atoms with Crippen LogP contribution in [0.2, 0.25) is 0 Å². The number of aryl methyl sites for hydroxylation is 1. The van der Waals surface area contributed by atoms with E-state index in [2.05, 4.69) is 9.97 Å². The van der Waals surface area contributed by atoms with Gasteiger partial charge in [0.25, 0.3) is 5.91 Å². The number of carbonyl (C=O) groups excluding carboxylic acids is 1. The lowest BCUT2D eigenvalue weighted by Gasteiger charge is -2.35. The zero-order chi connectivity index (χ0) is 23.9. The molecule has 0 unspecified atom stereocenters. The molecule has 1 saturated heterocycles. The van der Waals surface area contributed by atoms with Crippen molar-refractivity contribution < 1.29 is 22.7 Å². The van der Waals surface area contributed by atoms with Crippen molar-refractivity contribution in [2.24, 2.45) is 11.8 Å². The maximum absolute atomic E-state index is 13.8. The maximum Gasteiger partial charge on any atom is 0.417 e. The Morgan fingerprint density at radius 1 is 1.06 bits per heavy atom. The Hall–Kier alpha value is -3.42. The number of amides is 1. The lowest BCUT2D eigenvalue weighted by atomic mass is 9.99. The van der Waals surface area contributed by atoms with Crippen LogP contribution in [0.3, 0.4) is 0 Å². The summed E-state index contributed by atoms with van der Waals surface area (Å²) in [6.45, 7) is 2.65. The minimum Gasteiger partial charge on any atom is -0.475 e. The van der Waals surface area contributed by atoms with Crippen LogP contribution in [0.25, 0.3) is 11.1 Å². The number of aromatic nitrogens is 2. The summed E-state index contributed by atoms with van der Waals surface area (Å²) >= 11 is 0. The number of fused-ring (bicyclic) bond motifs is 1. The van der Waals surface area contributed by atoms with Crippen molar-refractivity contribution in [3.8, 4) is 17.0 Å². The molecule has 3 atom stereocenters. The molecule has 1 aliphatic heterocycles. The Kier molecular flexibility index (Phi) is 5.75. The number of ether oxygens (including phenoxy) is 1. The third-order valence-corrected chi connectivity index (χ3v) is 6.59. The molecule has 176 valence electrons. The zero-order valence-corrected chi connectivity index (χ0v) is 18.6. The molecule has 2 aliphatic rings. The van der Waals surface area contributed by atoms with Gasteiger partial charge in [-0.05, 0) is 49.3 Å². The monoisotopic (exact) mass is 467 g/mol. The van der Waals surface area contributed by atoms with E-state index in [-0.39, 0.29) is 24.4 Å². The molecule has 0 N–H and O–H groups in total. The molecule has 2 aromatic heterocycles. The van der Waals surface area contributed by atoms with E-state index in [1.807, 2.05) is 54.3 Å². The van der Waals surface area contributed by atoms with E-state index in [1.165, 1.54) is 6.07 Å². The summed E-state index contributed by atoms with van der Waals surface area (Å²) in [5.74, 6) is 0.991. The Morgan fingerprint density at radius 3 is 2.56 bits per heavy atom. The van der Waals surface area contributed by atoms with Gasteiger partial charge in [0.05, 0.1) is 11.6 Å². The number of hydrogen-bond donors (Lipinski definition) is 0. The van der Waals surface area contributed by atoms with Crippen molar-refractivity contribution >= 4 is 5.91 Å². The highest BCUT2D eigenvalue weighted by molar-refractivity contribution is 5.99. The van der Waals surface area contributed by atoms with Crippen molar-refractivity contribution in [1.82, 2.24) is 14.9 Å². The molecular weight excluding hydrogens is 443 g/mol. The predicted octanol–water partition coefficient (Wildman–Crippen LogP) is 5.40. The third kappa shape index (κ3) is 4.62. The van der Waals surface area contributed by atoms with Crippen LogP contribution in [0.15, 0.2) is 60.8 Å². The fraction of sp³-hybridized carbons (Fsp3) is 0.346. The van der Waals surface area contributed by atoms with Crippen molar-refractivity contribution in [3.05, 3.63) is 77.7 Å². The second-order valence-electron chi connectivity index (χ2n) is 9.01. The first-order valence-electron chi connectivity index (χ1n) is 11.3. The van der Waals surface area contributed by atoms with Gasteiger partial charge in [0.15, 0.2) is 0 Å². The van der Waals surface area contributed by atoms with Crippen molar-refractivity contribution in [1.29, 1.82) is 0 Å². The number of halogens is 3. The van der Waals surface area contributed by atoms with E-state index < -0.39 is 11.7 Å². The summed E-state index contributed by atoms with van der Waals surface area (Å²) in [6, 6.07) is 15.5. The van der Waals surface area contributed by atoms with Gasteiger partial charge in [-0.25, -0.2) is 9.97 Å². The van der Waals surface area contributed by atoms with Crippen molar-refractivity contribution in [2.45, 2.75) is 32.0 Å². The first-order valence-corrected chi connectivity index (χ1v) is 11.3. The number of nitrogens with zero attached hydrogens (tertiary/aromatic N) is 3. The third-order valence-electron chi connectivity index (χ3n) is 6.59. The zero-order valence-electron chi connectivity index (χ0n) is 18.6. The van der Waals surface area contributed by atoms with E-state index in [9.17, 15) is 18.0 Å². The van der Waals surface area contributed by atoms with Crippen LogP contribution in [0.4, 0.5) is 13.2 Å². The second kappa shape index (κ2) is 8.74. The molecule has 2 fully saturated rings. The minimum atomic E-state index is -4.45. The second-order valence-corrected chi connectivity index (χ2v) is 9.01. The molecule has 1 aromatic carbocycles. The normalized spacial score (nSPS) is 21.6. The van der Waals surface area contributed by atoms with Crippen LogP contribution in [-0.2, 0) is 6.18 Å². The van der Waals surface area contributed by atoms with Crippen LogP contribution in [0, 0.1) is 18.8 Å². The summed E-state index contributed by atoms with van der Waals surface area (Å²) in [4.78, 5) is 24.0. The first kappa shape index (κ1) is 22.4. The Bertz CT molecular complexity index is 1180. The molecule has 0 radical (unpaired) electrons. The van der Waals surface area contributed by atoms with Gasteiger partial charge in [-0.3, -0.25) is 4.79 Å². The Balaban J connectivity index is 1.37. The number of piperidine rings is 1. The van der Waals surface area contributed by atoms with Crippen LogP contribution in [0.1, 0.15) is 34.6 Å². The number of pyridine rings is 2. The number of benzene rings is 1. The fourth-order valence-electron chi connectivity index (χ4n) is 4.63. The number of rotatable bonds is 5. The molecular formula is C26H24F3N3O2. The number of likely N-dealkylation sites (tertiary alicyclic amines) is 1. The molecule has 1 aliphatic carbocycles. The Morgan fingerprint density at radius 2 is 1.85 bits per heavy atom.